The van der Waals surface area contributed by atoms with E-state index >= 15 is 0 Å². The van der Waals surface area contributed by atoms with Gasteiger partial charge < -0.3 is 10.5 Å². The molecule has 0 amide bonds. The lowest BCUT2D eigenvalue weighted by Gasteiger charge is -2.58. The van der Waals surface area contributed by atoms with Crippen LogP contribution in [-0.4, -0.2) is 18.6 Å². The summed E-state index contributed by atoms with van der Waals surface area (Å²) in [5, 5.41) is 0. The number of hydrogen-bond donors (Lipinski definition) is 1. The number of allylic oxidation sites excluding steroid dienone is 1. The van der Waals surface area contributed by atoms with Gasteiger partial charge >= 0.3 is 5.97 Å². The molecule has 2 N–H and O–H groups in total. The molecule has 214 valence electrons. The van der Waals surface area contributed by atoms with Gasteiger partial charge in [0.15, 0.2) is 0 Å². The van der Waals surface area contributed by atoms with Gasteiger partial charge in [-0.05, 0) is 111 Å². The highest BCUT2D eigenvalue weighted by atomic mass is 35.5. The molecule has 3 fully saturated rings. The molecule has 4 rings (SSSR count). The van der Waals surface area contributed by atoms with Gasteiger partial charge in [0.05, 0.1) is 0 Å². The van der Waals surface area contributed by atoms with Crippen LogP contribution in [0.3, 0.4) is 0 Å². The van der Waals surface area contributed by atoms with Crippen molar-refractivity contribution < 1.29 is 9.53 Å². The Hall–Kier alpha value is -0.540. The minimum Gasteiger partial charge on any atom is -0.462 e. The molecule has 0 bridgehead atoms. The number of halogens is 1. The van der Waals surface area contributed by atoms with E-state index in [1.165, 1.54) is 57.8 Å². The average Bonchev–Trinajstić information content (AvgIpc) is 3.19. The fourth-order valence-corrected chi connectivity index (χ4v) is 9.59. The smallest absolute Gasteiger partial charge is 0.306 e. The van der Waals surface area contributed by atoms with Gasteiger partial charge in [0, 0.05) is 12.8 Å². The van der Waals surface area contributed by atoms with Crippen LogP contribution >= 0.6 is 12.4 Å². The lowest BCUT2D eigenvalue weighted by Crippen LogP contribution is -2.51. The largest absolute Gasteiger partial charge is 0.462 e. The van der Waals surface area contributed by atoms with Crippen molar-refractivity contribution in [1.82, 2.24) is 0 Å². The van der Waals surface area contributed by atoms with Crippen LogP contribution < -0.4 is 5.73 Å². The molecule has 0 heterocycles. The van der Waals surface area contributed by atoms with Crippen molar-refractivity contribution in [2.24, 2.45) is 52.1 Å². The van der Waals surface area contributed by atoms with Crippen LogP contribution in [0.4, 0.5) is 0 Å². The highest BCUT2D eigenvalue weighted by molar-refractivity contribution is 5.85. The average molecular weight is 536 g/mol. The van der Waals surface area contributed by atoms with E-state index in [9.17, 15) is 4.79 Å². The molecule has 0 aromatic rings. The third-order valence-electron chi connectivity index (χ3n) is 11.6. The van der Waals surface area contributed by atoms with Gasteiger partial charge in [-0.1, -0.05) is 72.0 Å². The van der Waals surface area contributed by atoms with E-state index in [1.54, 1.807) is 5.57 Å². The Morgan fingerprint density at radius 3 is 2.51 bits per heavy atom. The van der Waals surface area contributed by atoms with Crippen LogP contribution in [0.5, 0.6) is 0 Å². The summed E-state index contributed by atoms with van der Waals surface area (Å²) < 4.78 is 5.96. The zero-order chi connectivity index (χ0) is 25.9. The Morgan fingerprint density at radius 2 is 1.78 bits per heavy atom. The number of hydrogen-bond acceptors (Lipinski definition) is 3. The molecule has 0 spiro atoms. The van der Waals surface area contributed by atoms with Crippen molar-refractivity contribution in [2.45, 2.75) is 137 Å². The van der Waals surface area contributed by atoms with Gasteiger partial charge in [-0.2, -0.15) is 0 Å². The topological polar surface area (TPSA) is 52.3 Å². The number of esters is 1. The first-order valence-corrected chi connectivity index (χ1v) is 15.8. The zero-order valence-corrected chi connectivity index (χ0v) is 25.6. The fourth-order valence-electron chi connectivity index (χ4n) is 9.59. The predicted octanol–water partition coefficient (Wildman–Crippen LogP) is 8.88. The first-order valence-electron chi connectivity index (χ1n) is 15.8. The monoisotopic (exact) mass is 535 g/mol. The molecule has 0 aromatic carbocycles. The summed E-state index contributed by atoms with van der Waals surface area (Å²) in [7, 11) is 0. The second-order valence-corrected chi connectivity index (χ2v) is 14.2. The first kappa shape index (κ1) is 31.0. The second-order valence-electron chi connectivity index (χ2n) is 14.2. The summed E-state index contributed by atoms with van der Waals surface area (Å²) in [6.45, 7) is 13.3. The third kappa shape index (κ3) is 6.62. The number of carbonyl (C=O) groups is 1. The lowest BCUT2D eigenvalue weighted by molar-refractivity contribution is -0.151. The van der Waals surface area contributed by atoms with Crippen molar-refractivity contribution in [3.05, 3.63) is 11.6 Å². The van der Waals surface area contributed by atoms with Gasteiger partial charge in [0.1, 0.15) is 6.10 Å². The van der Waals surface area contributed by atoms with E-state index in [-0.39, 0.29) is 24.5 Å². The van der Waals surface area contributed by atoms with Crippen LogP contribution in [0.25, 0.3) is 0 Å². The zero-order valence-electron chi connectivity index (χ0n) is 24.7. The van der Waals surface area contributed by atoms with Crippen molar-refractivity contribution in [1.29, 1.82) is 0 Å². The van der Waals surface area contributed by atoms with Gasteiger partial charge in [-0.3, -0.25) is 4.79 Å². The minimum atomic E-state index is 0. The Labute approximate surface area is 234 Å². The van der Waals surface area contributed by atoms with Gasteiger partial charge in [0.2, 0.25) is 0 Å². The molecule has 8 atom stereocenters. The van der Waals surface area contributed by atoms with E-state index in [0.717, 1.165) is 67.6 Å². The summed E-state index contributed by atoms with van der Waals surface area (Å²) in [6, 6.07) is 0. The number of ether oxygens (including phenoxy) is 1. The van der Waals surface area contributed by atoms with Gasteiger partial charge in [-0.25, -0.2) is 0 Å². The van der Waals surface area contributed by atoms with Crippen molar-refractivity contribution in [3.8, 4) is 0 Å². The Balaban J connectivity index is 0.00000380. The molecule has 37 heavy (non-hydrogen) atoms. The summed E-state index contributed by atoms with van der Waals surface area (Å²) in [5.41, 5.74) is 8.08. The summed E-state index contributed by atoms with van der Waals surface area (Å²) >= 11 is 0. The number of fused-ring (bicyclic) bond motifs is 5. The van der Waals surface area contributed by atoms with Crippen LogP contribution in [0.2, 0.25) is 0 Å². The molecule has 0 aliphatic heterocycles. The van der Waals surface area contributed by atoms with Crippen LogP contribution in [0.1, 0.15) is 131 Å². The minimum absolute atomic E-state index is 0. The molecule has 3 saturated carbocycles. The molecule has 0 unspecified atom stereocenters. The van der Waals surface area contributed by atoms with E-state index in [1.807, 2.05) is 0 Å². The molecule has 0 radical (unpaired) electrons. The van der Waals surface area contributed by atoms with Crippen molar-refractivity contribution in [3.63, 3.8) is 0 Å². The molecule has 4 aliphatic rings. The van der Waals surface area contributed by atoms with Crippen LogP contribution in [-0.2, 0) is 9.53 Å². The normalized spacial score (nSPS) is 37.6. The van der Waals surface area contributed by atoms with E-state index in [4.69, 9.17) is 10.5 Å². The van der Waals surface area contributed by atoms with E-state index in [0.29, 0.717) is 23.8 Å². The molecule has 0 saturated heterocycles. The Bertz CT molecular complexity index is 780. The number of nitrogens with two attached hydrogens (primary N) is 1. The van der Waals surface area contributed by atoms with Crippen molar-refractivity contribution in [2.75, 3.05) is 6.54 Å². The highest BCUT2D eigenvalue weighted by Gasteiger charge is 2.59. The number of rotatable bonds is 11. The van der Waals surface area contributed by atoms with Crippen LogP contribution in [0, 0.1) is 46.3 Å². The first-order chi connectivity index (χ1) is 17.2. The van der Waals surface area contributed by atoms with E-state index in [2.05, 4.69) is 40.7 Å². The van der Waals surface area contributed by atoms with Crippen LogP contribution in [0.15, 0.2) is 11.6 Å². The van der Waals surface area contributed by atoms with E-state index < -0.39 is 0 Å². The standard InChI is InChI=1S/C33H57NO2.ClH/c1-23(2)10-9-11-24(3)28-15-16-29-27-14-13-25-22-26(36-31(35)12-7-6-8-21-34)17-19-32(25,4)30(27)18-20-33(28,29)5;/h13,23-24,26-30H,6-12,14-22,34H2,1-5H3;1H/t24-,26+,27+,28-,29+,30+,32+,33-;/m1./s1. The van der Waals surface area contributed by atoms with Crippen molar-refractivity contribution >= 4 is 18.4 Å². The SMILES string of the molecule is CC(C)CCC[C@@H](C)[C@H]1CC[C@H]2[C@@H]3CC=C4C[C@@H](OC(=O)CCCCCN)CC[C@]4(C)[C@H]3CC[C@]12C.Cl. The molecular formula is C33H58ClNO2. The molecule has 4 aliphatic carbocycles. The lowest BCUT2D eigenvalue weighted by atomic mass is 9.47. The summed E-state index contributed by atoms with van der Waals surface area (Å²) in [6.07, 6.45) is 20.7. The number of unbranched alkanes of at least 4 members (excludes halogenated alkanes) is 2. The Morgan fingerprint density at radius 1 is 1.00 bits per heavy atom. The van der Waals surface area contributed by atoms with Gasteiger partial charge in [-0.15, -0.1) is 12.4 Å². The second kappa shape index (κ2) is 13.2. The maximum Gasteiger partial charge on any atom is 0.306 e. The quantitative estimate of drug-likeness (QED) is 0.163. The molecule has 3 nitrogen and oxygen atoms in total. The maximum atomic E-state index is 12.4. The van der Waals surface area contributed by atoms with Gasteiger partial charge in [0.25, 0.3) is 0 Å². The maximum absolute atomic E-state index is 12.4. The predicted molar refractivity (Wildman–Crippen MR) is 158 cm³/mol. The molecular weight excluding hydrogens is 478 g/mol. The molecule has 0 aromatic heterocycles. The fraction of sp³-hybridized carbons (Fsp3) is 0.909. The summed E-state index contributed by atoms with van der Waals surface area (Å²) in [5.74, 6) is 5.25. The molecule has 4 heteroatoms. The highest BCUT2D eigenvalue weighted by Crippen LogP contribution is 2.67. The third-order valence-corrected chi connectivity index (χ3v) is 11.6. The number of carbonyl (C=O) groups excluding carboxylic acids is 1. The Kier molecular flexibility index (Phi) is 11.1. The summed E-state index contributed by atoms with van der Waals surface area (Å²) in [4.78, 5) is 12.4.